The van der Waals surface area contributed by atoms with E-state index in [0.717, 1.165) is 0 Å². The maximum absolute atomic E-state index is 10.2. The minimum atomic E-state index is -2.44. The zero-order valence-electron chi connectivity index (χ0n) is 5.97. The summed E-state index contributed by atoms with van der Waals surface area (Å²) in [5, 5.41) is 6.34. The van der Waals surface area contributed by atoms with Crippen molar-refractivity contribution in [1.82, 2.24) is 0 Å². The molecule has 0 bridgehead atoms. The maximum atomic E-state index is 10.2. The molecular formula is C4H6N4O4. The Morgan fingerprint density at radius 1 is 1.17 bits per heavy atom. The highest BCUT2D eigenvalue weighted by molar-refractivity contribution is 5.73. The molecule has 8 heteroatoms. The molecule has 0 saturated carbocycles. The van der Waals surface area contributed by atoms with Crippen LogP contribution in [0.15, 0.2) is 15.5 Å². The summed E-state index contributed by atoms with van der Waals surface area (Å²) < 4.78 is 0. The number of amides is 1. The topological polar surface area (TPSA) is 131 Å². The molecule has 66 valence electrons. The van der Waals surface area contributed by atoms with E-state index in [1.165, 1.54) is 0 Å². The van der Waals surface area contributed by atoms with E-state index in [-0.39, 0.29) is 6.42 Å². The third-order valence-electron chi connectivity index (χ3n) is 1.15. The van der Waals surface area contributed by atoms with E-state index in [1.807, 2.05) is 0 Å². The summed E-state index contributed by atoms with van der Waals surface area (Å²) in [6, 6.07) is 0. The van der Waals surface area contributed by atoms with E-state index in [2.05, 4.69) is 15.5 Å². The van der Waals surface area contributed by atoms with Crippen molar-refractivity contribution in [3.63, 3.8) is 0 Å². The quantitative estimate of drug-likeness (QED) is 0.576. The van der Waals surface area contributed by atoms with Crippen LogP contribution in [0.2, 0.25) is 0 Å². The van der Waals surface area contributed by atoms with Crippen molar-refractivity contribution < 1.29 is 4.79 Å². The van der Waals surface area contributed by atoms with Gasteiger partial charge >= 0.3 is 5.79 Å². The van der Waals surface area contributed by atoms with Crippen molar-refractivity contribution in [2.75, 3.05) is 0 Å². The molecule has 0 spiro atoms. The number of hydrogen-bond acceptors (Lipinski definition) is 7. The maximum Gasteiger partial charge on any atom is 0.359 e. The highest BCUT2D eigenvalue weighted by Gasteiger charge is 2.35. The minimum absolute atomic E-state index is 0.344. The molecule has 0 aliphatic carbocycles. The van der Waals surface area contributed by atoms with Gasteiger partial charge in [0.2, 0.25) is 5.91 Å². The molecule has 12 heavy (non-hydrogen) atoms. The summed E-state index contributed by atoms with van der Waals surface area (Å²) in [7, 11) is 0. The van der Waals surface area contributed by atoms with E-state index in [0.29, 0.717) is 0 Å². The summed E-state index contributed by atoms with van der Waals surface area (Å²) in [4.78, 5) is 39.9. The van der Waals surface area contributed by atoms with E-state index in [1.54, 1.807) is 0 Å². The lowest BCUT2D eigenvalue weighted by molar-refractivity contribution is -0.118. The van der Waals surface area contributed by atoms with Gasteiger partial charge in [0.25, 0.3) is 0 Å². The van der Waals surface area contributed by atoms with E-state index < -0.39 is 18.1 Å². The SMILES string of the molecule is NC(=O)CCC(N=O)(N=O)N=O. The van der Waals surface area contributed by atoms with Gasteiger partial charge in [-0.2, -0.15) is 0 Å². The van der Waals surface area contributed by atoms with Crippen LogP contribution in [0, 0.1) is 14.7 Å². The Hall–Kier alpha value is -1.73. The number of carbonyl (C=O) groups excluding carboxylic acids is 1. The van der Waals surface area contributed by atoms with Crippen LogP contribution in [0.4, 0.5) is 0 Å². The number of nitrogens with zero attached hydrogens (tertiary/aromatic N) is 3. The Morgan fingerprint density at radius 3 is 1.83 bits per heavy atom. The summed E-state index contributed by atoms with van der Waals surface area (Å²) in [5.41, 5.74) is 4.69. The average molecular weight is 174 g/mol. The first-order valence-electron chi connectivity index (χ1n) is 2.92. The molecule has 0 aliphatic rings. The molecule has 0 radical (unpaired) electrons. The van der Waals surface area contributed by atoms with Gasteiger partial charge < -0.3 is 5.73 Å². The first kappa shape index (κ1) is 10.3. The van der Waals surface area contributed by atoms with Crippen LogP contribution in [-0.2, 0) is 4.79 Å². The van der Waals surface area contributed by atoms with Crippen molar-refractivity contribution in [3.8, 4) is 0 Å². The third-order valence-corrected chi connectivity index (χ3v) is 1.15. The van der Waals surface area contributed by atoms with Crippen molar-refractivity contribution in [2.24, 2.45) is 21.3 Å². The fourth-order valence-electron chi connectivity index (χ4n) is 0.478. The predicted octanol–water partition coefficient (Wildman–Crippen LogP) is 0.205. The molecular weight excluding hydrogens is 168 g/mol. The van der Waals surface area contributed by atoms with Gasteiger partial charge in [-0.3, -0.25) is 4.79 Å². The average Bonchev–Trinajstić information content (AvgIpc) is 2.08. The Bertz CT molecular complexity index is 193. The van der Waals surface area contributed by atoms with E-state index >= 15 is 0 Å². The second kappa shape index (κ2) is 4.21. The highest BCUT2D eigenvalue weighted by Crippen LogP contribution is 2.20. The largest absolute Gasteiger partial charge is 0.370 e. The van der Waals surface area contributed by atoms with Crippen LogP contribution in [-0.4, -0.2) is 11.7 Å². The van der Waals surface area contributed by atoms with E-state index in [9.17, 15) is 19.5 Å². The van der Waals surface area contributed by atoms with Crippen LogP contribution in [0.3, 0.4) is 0 Å². The second-order valence-electron chi connectivity index (χ2n) is 2.01. The summed E-state index contributed by atoms with van der Waals surface area (Å²) in [6.45, 7) is 0. The molecule has 0 heterocycles. The van der Waals surface area contributed by atoms with Crippen molar-refractivity contribution in [3.05, 3.63) is 14.7 Å². The highest BCUT2D eigenvalue weighted by atomic mass is 16.3. The molecule has 0 unspecified atom stereocenters. The molecule has 0 aromatic carbocycles. The monoisotopic (exact) mass is 174 g/mol. The van der Waals surface area contributed by atoms with Crippen LogP contribution in [0.1, 0.15) is 12.8 Å². The minimum Gasteiger partial charge on any atom is -0.370 e. The molecule has 2 N–H and O–H groups in total. The van der Waals surface area contributed by atoms with Gasteiger partial charge in [0.15, 0.2) is 0 Å². The molecule has 1 amide bonds. The third kappa shape index (κ3) is 2.48. The number of hydrogen-bond donors (Lipinski definition) is 1. The van der Waals surface area contributed by atoms with Gasteiger partial charge in [0, 0.05) is 12.8 Å². The molecule has 0 fully saturated rings. The lowest BCUT2D eigenvalue weighted by Gasteiger charge is -2.05. The van der Waals surface area contributed by atoms with Gasteiger partial charge in [-0.1, -0.05) is 0 Å². The summed E-state index contributed by atoms with van der Waals surface area (Å²) in [6.07, 6.45) is -0.831. The van der Waals surface area contributed by atoms with Crippen LogP contribution in [0.5, 0.6) is 0 Å². The number of carbonyl (C=O) groups is 1. The zero-order valence-corrected chi connectivity index (χ0v) is 5.97. The molecule has 0 rings (SSSR count). The lowest BCUT2D eigenvalue weighted by atomic mass is 10.2. The number of rotatable bonds is 6. The van der Waals surface area contributed by atoms with Gasteiger partial charge in [0.05, 0.1) is 0 Å². The smallest absolute Gasteiger partial charge is 0.359 e. The van der Waals surface area contributed by atoms with Gasteiger partial charge in [-0.05, 0) is 15.5 Å². The number of nitrogens with two attached hydrogens (primary N) is 1. The molecule has 0 atom stereocenters. The lowest BCUT2D eigenvalue weighted by Crippen LogP contribution is -2.22. The van der Waals surface area contributed by atoms with Crippen molar-refractivity contribution >= 4 is 5.91 Å². The number of primary amides is 1. The Balaban J connectivity index is 4.30. The first-order chi connectivity index (χ1) is 5.60. The van der Waals surface area contributed by atoms with Crippen molar-refractivity contribution in [1.29, 1.82) is 0 Å². The van der Waals surface area contributed by atoms with Crippen molar-refractivity contribution in [2.45, 2.75) is 18.6 Å². The second-order valence-corrected chi connectivity index (χ2v) is 2.01. The zero-order chi connectivity index (χ0) is 9.61. The van der Waals surface area contributed by atoms with Crippen LogP contribution < -0.4 is 5.73 Å². The van der Waals surface area contributed by atoms with Gasteiger partial charge in [-0.25, -0.2) is 0 Å². The molecule has 0 aromatic rings. The Kier molecular flexibility index (Phi) is 3.60. The van der Waals surface area contributed by atoms with Gasteiger partial charge in [0.1, 0.15) is 0 Å². The first-order valence-corrected chi connectivity index (χ1v) is 2.92. The standard InChI is InChI=1S/C4H6N4O4/c5-3(9)1-2-4(6-10,7-11)8-12/h1-2H2,(H2,5,9). The molecule has 0 aromatic heterocycles. The summed E-state index contributed by atoms with van der Waals surface area (Å²) >= 11 is 0. The number of nitroso groups, excluding NO2 is 3. The predicted molar refractivity (Wildman–Crippen MR) is 38.5 cm³/mol. The normalized spacial score (nSPS) is 10.3. The van der Waals surface area contributed by atoms with E-state index in [4.69, 9.17) is 5.73 Å². The summed E-state index contributed by atoms with van der Waals surface area (Å²) in [5.74, 6) is -3.20. The van der Waals surface area contributed by atoms with Crippen LogP contribution in [0.25, 0.3) is 0 Å². The molecule has 8 nitrogen and oxygen atoms in total. The fourth-order valence-corrected chi connectivity index (χ4v) is 0.478. The molecule has 0 saturated heterocycles. The Labute approximate surface area is 66.4 Å². The van der Waals surface area contributed by atoms with Gasteiger partial charge in [-0.15, -0.1) is 14.7 Å². The Morgan fingerprint density at radius 2 is 1.58 bits per heavy atom. The van der Waals surface area contributed by atoms with Crippen LogP contribution >= 0.6 is 0 Å². The molecule has 0 aliphatic heterocycles. The fraction of sp³-hybridized carbons (Fsp3) is 0.750.